The second-order valence-electron chi connectivity index (χ2n) is 4.40. The summed E-state index contributed by atoms with van der Waals surface area (Å²) < 4.78 is 112. The van der Waals surface area contributed by atoms with Crippen LogP contribution in [-0.4, -0.2) is 22.2 Å². The van der Waals surface area contributed by atoms with Crippen molar-refractivity contribution in [2.45, 2.75) is 0 Å². The minimum absolute atomic E-state index is 0.0794. The van der Waals surface area contributed by atoms with Crippen LogP contribution in [0.25, 0.3) is 0 Å². The zero-order valence-electron chi connectivity index (χ0n) is 12.2. The molecule has 0 aliphatic rings. The normalized spacial score (nSPS) is 10.3. The van der Waals surface area contributed by atoms with Crippen molar-refractivity contribution >= 4 is 11.9 Å². The number of rotatable bonds is 2. The highest BCUT2D eigenvalue weighted by Gasteiger charge is 2.29. The molecule has 27 heavy (non-hydrogen) atoms. The largest absolute Gasteiger partial charge is 0.478 e. The number of aromatic carboxylic acids is 2. The Kier molecular flexibility index (Phi) is 6.43. The third-order valence-electron chi connectivity index (χ3n) is 2.76. The van der Waals surface area contributed by atoms with Crippen LogP contribution in [0.4, 0.5) is 39.5 Å². The van der Waals surface area contributed by atoms with E-state index in [0.717, 1.165) is 0 Å². The summed E-state index contributed by atoms with van der Waals surface area (Å²) >= 11 is 0. The molecule has 4 nitrogen and oxygen atoms in total. The van der Waals surface area contributed by atoms with Crippen LogP contribution in [0, 0.1) is 52.4 Å². The van der Waals surface area contributed by atoms with Gasteiger partial charge in [0, 0.05) is 0 Å². The van der Waals surface area contributed by atoms with Gasteiger partial charge < -0.3 is 10.2 Å². The number of carbonyl (C=O) groups is 2. The van der Waals surface area contributed by atoms with Gasteiger partial charge >= 0.3 is 11.9 Å². The van der Waals surface area contributed by atoms with Crippen molar-refractivity contribution in [1.82, 2.24) is 0 Å². The molecular weight excluding hydrogens is 403 g/mol. The summed E-state index contributed by atoms with van der Waals surface area (Å²) in [5, 5.41) is 16.4. The minimum atomic E-state index is -2.38. The maximum Gasteiger partial charge on any atom is 0.341 e. The molecule has 2 aromatic rings. The van der Waals surface area contributed by atoms with Gasteiger partial charge in [-0.2, -0.15) is 0 Å². The van der Waals surface area contributed by atoms with E-state index >= 15 is 0 Å². The van der Waals surface area contributed by atoms with Gasteiger partial charge in [-0.15, -0.1) is 0 Å². The molecule has 0 fully saturated rings. The Labute approximate surface area is 142 Å². The van der Waals surface area contributed by atoms with Gasteiger partial charge in [0.1, 0.15) is 11.1 Å². The van der Waals surface area contributed by atoms with Crippen molar-refractivity contribution in [2.75, 3.05) is 0 Å². The van der Waals surface area contributed by atoms with E-state index in [9.17, 15) is 49.1 Å². The number of halogens is 9. The van der Waals surface area contributed by atoms with E-state index in [0.29, 0.717) is 0 Å². The Balaban J connectivity index is 0.000000271. The molecule has 0 unspecified atom stereocenters. The highest BCUT2D eigenvalue weighted by molar-refractivity contribution is 5.88. The number of carboxylic acid groups (broad SMARTS) is 2. The van der Waals surface area contributed by atoms with Gasteiger partial charge in [-0.05, 0) is 6.07 Å². The summed E-state index contributed by atoms with van der Waals surface area (Å²) in [6, 6.07) is 0.0794. The molecule has 0 aliphatic carbocycles. The average Bonchev–Trinajstić information content (AvgIpc) is 2.59. The zero-order chi connectivity index (χ0) is 21.2. The Morgan fingerprint density at radius 2 is 0.926 bits per heavy atom. The van der Waals surface area contributed by atoms with Gasteiger partial charge in [0.15, 0.2) is 46.5 Å². The number of hydrogen-bond acceptors (Lipinski definition) is 2. The maximum atomic E-state index is 12.6. The lowest BCUT2D eigenvalue weighted by atomic mass is 10.1. The van der Waals surface area contributed by atoms with Crippen LogP contribution < -0.4 is 0 Å². The summed E-state index contributed by atoms with van der Waals surface area (Å²) in [6.07, 6.45) is 0. The summed E-state index contributed by atoms with van der Waals surface area (Å²) in [5.41, 5.74) is -3.10. The first-order chi connectivity index (χ1) is 12.3. The highest BCUT2D eigenvalue weighted by atomic mass is 19.2. The predicted molar refractivity (Wildman–Crippen MR) is 66.4 cm³/mol. The van der Waals surface area contributed by atoms with Crippen LogP contribution in [0.5, 0.6) is 0 Å². The highest BCUT2D eigenvalue weighted by Crippen LogP contribution is 2.22. The Hall–Kier alpha value is -3.25. The number of carboxylic acids is 2. The first kappa shape index (κ1) is 21.8. The van der Waals surface area contributed by atoms with E-state index in [1.54, 1.807) is 0 Å². The third-order valence-corrected chi connectivity index (χ3v) is 2.76. The van der Waals surface area contributed by atoms with E-state index < -0.39 is 75.4 Å². The lowest BCUT2D eigenvalue weighted by Gasteiger charge is -2.03. The molecule has 2 aromatic carbocycles. The van der Waals surface area contributed by atoms with Crippen LogP contribution in [0.3, 0.4) is 0 Å². The lowest BCUT2D eigenvalue weighted by molar-refractivity contribution is 0.0674. The second kappa shape index (κ2) is 7.97. The molecule has 0 bridgehead atoms. The van der Waals surface area contributed by atoms with Gasteiger partial charge in [-0.25, -0.2) is 49.1 Å². The Morgan fingerprint density at radius 3 is 1.30 bits per heavy atom. The quantitative estimate of drug-likeness (QED) is 0.449. The van der Waals surface area contributed by atoms with Crippen LogP contribution >= 0.6 is 0 Å². The summed E-state index contributed by atoms with van der Waals surface area (Å²) in [7, 11) is 0. The second-order valence-corrected chi connectivity index (χ2v) is 4.40. The van der Waals surface area contributed by atoms with Crippen molar-refractivity contribution in [1.29, 1.82) is 0 Å². The number of hydrogen-bond donors (Lipinski definition) is 2. The van der Waals surface area contributed by atoms with Crippen LogP contribution in [0.15, 0.2) is 6.07 Å². The molecule has 0 saturated carbocycles. The van der Waals surface area contributed by atoms with Crippen LogP contribution in [0.1, 0.15) is 20.7 Å². The summed E-state index contributed by atoms with van der Waals surface area (Å²) in [5.74, 6) is -23.5. The van der Waals surface area contributed by atoms with Crippen molar-refractivity contribution in [3.8, 4) is 0 Å². The molecule has 0 radical (unpaired) electrons. The Morgan fingerprint density at radius 1 is 0.556 bits per heavy atom. The van der Waals surface area contributed by atoms with E-state index in [1.165, 1.54) is 0 Å². The molecule has 2 N–H and O–H groups in total. The minimum Gasteiger partial charge on any atom is -0.478 e. The molecule has 0 aromatic heterocycles. The fourth-order valence-corrected chi connectivity index (χ4v) is 1.52. The zero-order valence-corrected chi connectivity index (χ0v) is 12.2. The lowest BCUT2D eigenvalue weighted by Crippen LogP contribution is -2.11. The van der Waals surface area contributed by atoms with Gasteiger partial charge in [-0.1, -0.05) is 0 Å². The fraction of sp³-hybridized carbons (Fsp3) is 0. The SMILES string of the molecule is O=C(O)c1c(F)c(F)c(F)c(F)c1F.O=C(O)c1cc(F)c(F)c(F)c1F. The monoisotopic (exact) mass is 406 g/mol. The topological polar surface area (TPSA) is 74.6 Å². The molecular formula is C14H3F9O4. The third kappa shape index (κ3) is 4.12. The molecule has 0 aliphatic heterocycles. The summed E-state index contributed by atoms with van der Waals surface area (Å²) in [6.45, 7) is 0. The molecule has 0 heterocycles. The van der Waals surface area contributed by atoms with E-state index in [1.807, 2.05) is 0 Å². The molecule has 0 spiro atoms. The molecule has 0 amide bonds. The van der Waals surface area contributed by atoms with Crippen LogP contribution in [-0.2, 0) is 0 Å². The fourth-order valence-electron chi connectivity index (χ4n) is 1.52. The van der Waals surface area contributed by atoms with Gasteiger partial charge in [0.2, 0.25) is 5.82 Å². The van der Waals surface area contributed by atoms with Gasteiger partial charge in [0.05, 0.1) is 0 Å². The Bertz CT molecular complexity index is 914. The van der Waals surface area contributed by atoms with Gasteiger partial charge in [-0.3, -0.25) is 0 Å². The van der Waals surface area contributed by atoms with Crippen molar-refractivity contribution in [2.24, 2.45) is 0 Å². The van der Waals surface area contributed by atoms with E-state index in [-0.39, 0.29) is 6.07 Å². The smallest absolute Gasteiger partial charge is 0.341 e. The standard InChI is InChI=1S/C7HF5O2.C7H2F4O2/c8-2-1(7(13)14)3(9)5(11)6(12)4(2)10;8-3-1-2(7(12)13)4(9)6(11)5(3)10/h(H,13,14);1H,(H,12,13). The van der Waals surface area contributed by atoms with Crippen LogP contribution in [0.2, 0.25) is 0 Å². The first-order valence-corrected chi connectivity index (χ1v) is 6.13. The molecule has 2 rings (SSSR count). The van der Waals surface area contributed by atoms with Crippen molar-refractivity contribution in [3.63, 3.8) is 0 Å². The van der Waals surface area contributed by atoms with E-state index in [2.05, 4.69) is 0 Å². The van der Waals surface area contributed by atoms with Gasteiger partial charge in [0.25, 0.3) is 0 Å². The van der Waals surface area contributed by atoms with Crippen molar-refractivity contribution < 1.29 is 59.3 Å². The molecule has 0 saturated heterocycles. The molecule has 0 atom stereocenters. The average molecular weight is 406 g/mol. The molecule has 13 heteroatoms. The first-order valence-electron chi connectivity index (χ1n) is 6.13. The summed E-state index contributed by atoms with van der Waals surface area (Å²) in [4.78, 5) is 20.3. The number of benzene rings is 2. The van der Waals surface area contributed by atoms with Crippen molar-refractivity contribution in [3.05, 3.63) is 69.5 Å². The van der Waals surface area contributed by atoms with E-state index in [4.69, 9.17) is 10.2 Å². The maximum absolute atomic E-state index is 12.6. The predicted octanol–water partition coefficient (Wildman–Crippen LogP) is 4.02. The molecule has 146 valence electrons.